The summed E-state index contributed by atoms with van der Waals surface area (Å²) < 4.78 is 0. The van der Waals surface area contributed by atoms with Gasteiger partial charge in [-0.3, -0.25) is 9.59 Å². The summed E-state index contributed by atoms with van der Waals surface area (Å²) >= 11 is 0. The Labute approximate surface area is 151 Å². The quantitative estimate of drug-likeness (QED) is 0.698. The topological polar surface area (TPSA) is 66.6 Å². The summed E-state index contributed by atoms with van der Waals surface area (Å²) in [7, 11) is 0. The van der Waals surface area contributed by atoms with Crippen molar-refractivity contribution in [2.75, 3.05) is 32.7 Å². The smallest absolute Gasteiger partial charge is 0.223 e. The number of halogens is 1. The molecule has 1 aromatic rings. The first-order valence-corrected chi connectivity index (χ1v) is 8.41. The van der Waals surface area contributed by atoms with Crippen LogP contribution in [0.15, 0.2) is 30.3 Å². The molecule has 5 nitrogen and oxygen atoms in total. The van der Waals surface area contributed by atoms with Gasteiger partial charge in [0.1, 0.15) is 0 Å². The molecule has 0 spiro atoms. The van der Waals surface area contributed by atoms with Gasteiger partial charge in [-0.2, -0.15) is 0 Å². The van der Waals surface area contributed by atoms with Crippen LogP contribution in [0.4, 0.5) is 0 Å². The Balaban J connectivity index is 0.00000529. The predicted molar refractivity (Wildman–Crippen MR) is 100 cm³/mol. The van der Waals surface area contributed by atoms with Crippen LogP contribution in [0, 0.1) is 0 Å². The summed E-state index contributed by atoms with van der Waals surface area (Å²) in [6, 6.07) is 10.1. The van der Waals surface area contributed by atoms with Gasteiger partial charge in [0.15, 0.2) is 0 Å². The van der Waals surface area contributed by atoms with E-state index in [1.807, 2.05) is 32.0 Å². The molecule has 0 radical (unpaired) electrons. The summed E-state index contributed by atoms with van der Waals surface area (Å²) in [5.74, 6) is 0.0472. The van der Waals surface area contributed by atoms with Gasteiger partial charge in [-0.1, -0.05) is 30.3 Å². The van der Waals surface area contributed by atoms with E-state index in [1.165, 1.54) is 5.56 Å². The van der Waals surface area contributed by atoms with Crippen molar-refractivity contribution >= 4 is 24.2 Å². The highest BCUT2D eigenvalue weighted by molar-refractivity contribution is 5.85. The molecule has 1 aromatic carbocycles. The Kier molecular flexibility index (Phi) is 11.9. The van der Waals surface area contributed by atoms with Crippen LogP contribution in [0.5, 0.6) is 0 Å². The molecule has 24 heavy (non-hydrogen) atoms. The van der Waals surface area contributed by atoms with E-state index < -0.39 is 0 Å². The van der Waals surface area contributed by atoms with E-state index in [0.717, 1.165) is 6.42 Å². The van der Waals surface area contributed by atoms with Crippen LogP contribution in [0.1, 0.15) is 32.3 Å². The number of rotatable bonds is 10. The largest absolute Gasteiger partial charge is 0.343 e. The Morgan fingerprint density at radius 2 is 1.46 bits per heavy atom. The zero-order valence-corrected chi connectivity index (χ0v) is 15.6. The van der Waals surface area contributed by atoms with Crippen LogP contribution >= 0.6 is 12.4 Å². The highest BCUT2D eigenvalue weighted by atomic mass is 35.5. The van der Waals surface area contributed by atoms with Crippen LogP contribution in [-0.4, -0.2) is 54.3 Å². The third-order valence-electron chi connectivity index (χ3n) is 3.93. The summed E-state index contributed by atoms with van der Waals surface area (Å²) in [6.45, 7) is 6.87. The summed E-state index contributed by atoms with van der Waals surface area (Å²) in [5.41, 5.74) is 6.81. The molecule has 2 N–H and O–H groups in total. The Bertz CT molecular complexity index is 478. The standard InChI is InChI=1S/C18H29N3O2.ClH/c1-3-20(4-2)17(22)10-11-18(23)21(15-13-19)14-12-16-8-6-5-7-9-16;/h5-9H,3-4,10-15,19H2,1-2H3;1H. The molecule has 2 amide bonds. The van der Waals surface area contributed by atoms with E-state index in [0.29, 0.717) is 32.7 Å². The molecule has 0 atom stereocenters. The number of nitrogens with two attached hydrogens (primary N) is 1. The number of hydrogen-bond donors (Lipinski definition) is 1. The van der Waals surface area contributed by atoms with Gasteiger partial charge in [0.05, 0.1) is 0 Å². The number of carbonyl (C=O) groups excluding carboxylic acids is 2. The Hall–Kier alpha value is -1.59. The predicted octanol–water partition coefficient (Wildman–Crippen LogP) is 2.09. The lowest BCUT2D eigenvalue weighted by molar-refractivity contribution is -0.136. The average molecular weight is 356 g/mol. The minimum atomic E-state index is 0. The van der Waals surface area contributed by atoms with Crippen LogP contribution in [0.3, 0.4) is 0 Å². The van der Waals surface area contributed by atoms with Gasteiger partial charge < -0.3 is 15.5 Å². The first kappa shape index (κ1) is 22.4. The van der Waals surface area contributed by atoms with Gasteiger partial charge >= 0.3 is 0 Å². The second-order valence-electron chi connectivity index (χ2n) is 5.47. The van der Waals surface area contributed by atoms with Crippen molar-refractivity contribution in [3.63, 3.8) is 0 Å². The lowest BCUT2D eigenvalue weighted by Gasteiger charge is -2.23. The molecule has 0 aromatic heterocycles. The van der Waals surface area contributed by atoms with Crippen molar-refractivity contribution in [2.24, 2.45) is 5.73 Å². The highest BCUT2D eigenvalue weighted by Gasteiger charge is 2.16. The van der Waals surface area contributed by atoms with Crippen molar-refractivity contribution in [1.29, 1.82) is 0 Å². The molecular formula is C18H30ClN3O2. The molecule has 0 saturated heterocycles. The van der Waals surface area contributed by atoms with E-state index in [2.05, 4.69) is 12.1 Å². The normalized spacial score (nSPS) is 9.96. The van der Waals surface area contributed by atoms with Gasteiger partial charge in [-0.05, 0) is 25.8 Å². The zero-order chi connectivity index (χ0) is 17.1. The third kappa shape index (κ3) is 7.79. The molecule has 0 saturated carbocycles. The summed E-state index contributed by atoms with van der Waals surface area (Å²) in [4.78, 5) is 27.9. The third-order valence-corrected chi connectivity index (χ3v) is 3.93. The molecule has 0 unspecified atom stereocenters. The molecular weight excluding hydrogens is 326 g/mol. The molecule has 0 heterocycles. The van der Waals surface area contributed by atoms with Crippen molar-refractivity contribution in [2.45, 2.75) is 33.1 Å². The molecule has 6 heteroatoms. The van der Waals surface area contributed by atoms with Gasteiger partial charge in [-0.25, -0.2) is 0 Å². The highest BCUT2D eigenvalue weighted by Crippen LogP contribution is 2.05. The van der Waals surface area contributed by atoms with Crippen LogP contribution in [-0.2, 0) is 16.0 Å². The minimum absolute atomic E-state index is 0. The van der Waals surface area contributed by atoms with Crippen molar-refractivity contribution < 1.29 is 9.59 Å². The maximum Gasteiger partial charge on any atom is 0.223 e. The first-order valence-electron chi connectivity index (χ1n) is 8.41. The van der Waals surface area contributed by atoms with E-state index >= 15 is 0 Å². The number of nitrogens with zero attached hydrogens (tertiary/aromatic N) is 2. The van der Waals surface area contributed by atoms with Crippen molar-refractivity contribution in [3.05, 3.63) is 35.9 Å². The van der Waals surface area contributed by atoms with Crippen LogP contribution < -0.4 is 5.73 Å². The van der Waals surface area contributed by atoms with Gasteiger partial charge in [0.2, 0.25) is 11.8 Å². The minimum Gasteiger partial charge on any atom is -0.343 e. The fraction of sp³-hybridized carbons (Fsp3) is 0.556. The molecule has 0 aliphatic carbocycles. The van der Waals surface area contributed by atoms with Crippen LogP contribution in [0.25, 0.3) is 0 Å². The van der Waals surface area contributed by atoms with Gasteiger partial charge in [0.25, 0.3) is 0 Å². The van der Waals surface area contributed by atoms with Crippen molar-refractivity contribution in [1.82, 2.24) is 9.80 Å². The monoisotopic (exact) mass is 355 g/mol. The lowest BCUT2D eigenvalue weighted by atomic mass is 10.1. The maximum absolute atomic E-state index is 12.4. The van der Waals surface area contributed by atoms with Crippen molar-refractivity contribution in [3.8, 4) is 0 Å². The second-order valence-corrected chi connectivity index (χ2v) is 5.47. The van der Waals surface area contributed by atoms with E-state index in [4.69, 9.17) is 5.73 Å². The maximum atomic E-state index is 12.4. The Morgan fingerprint density at radius 1 is 0.917 bits per heavy atom. The number of benzene rings is 1. The molecule has 0 bridgehead atoms. The number of amides is 2. The first-order chi connectivity index (χ1) is 11.1. The molecule has 0 fully saturated rings. The molecule has 1 rings (SSSR count). The summed E-state index contributed by atoms with van der Waals surface area (Å²) in [6.07, 6.45) is 1.33. The second kappa shape index (κ2) is 12.8. The summed E-state index contributed by atoms with van der Waals surface area (Å²) in [5, 5.41) is 0. The Morgan fingerprint density at radius 3 is 1.96 bits per heavy atom. The number of hydrogen-bond acceptors (Lipinski definition) is 3. The lowest BCUT2D eigenvalue weighted by Crippen LogP contribution is -2.38. The van der Waals surface area contributed by atoms with E-state index in [9.17, 15) is 9.59 Å². The SMILES string of the molecule is CCN(CC)C(=O)CCC(=O)N(CCN)CCc1ccccc1.Cl. The molecule has 0 aliphatic heterocycles. The average Bonchev–Trinajstić information content (AvgIpc) is 2.58. The fourth-order valence-electron chi connectivity index (χ4n) is 2.53. The zero-order valence-electron chi connectivity index (χ0n) is 14.7. The fourth-order valence-corrected chi connectivity index (χ4v) is 2.53. The molecule has 136 valence electrons. The number of carbonyl (C=O) groups is 2. The van der Waals surface area contributed by atoms with E-state index in [1.54, 1.807) is 9.80 Å². The van der Waals surface area contributed by atoms with Crippen LogP contribution in [0.2, 0.25) is 0 Å². The molecule has 0 aliphatic rings. The van der Waals surface area contributed by atoms with Gasteiger partial charge in [-0.15, -0.1) is 12.4 Å². The van der Waals surface area contributed by atoms with E-state index in [-0.39, 0.29) is 37.1 Å². The van der Waals surface area contributed by atoms with Gasteiger partial charge in [0, 0.05) is 45.6 Å².